The van der Waals surface area contributed by atoms with E-state index in [0.29, 0.717) is 16.7 Å². The maximum absolute atomic E-state index is 13.4. The van der Waals surface area contributed by atoms with Crippen molar-refractivity contribution in [3.8, 4) is 17.6 Å². The number of aryl methyl sites for hydroxylation is 1. The van der Waals surface area contributed by atoms with E-state index >= 15 is 0 Å². The monoisotopic (exact) mass is 262 g/mol. The van der Waals surface area contributed by atoms with Crippen molar-refractivity contribution in [2.24, 2.45) is 0 Å². The van der Waals surface area contributed by atoms with Gasteiger partial charge in [0, 0.05) is 23.9 Å². The van der Waals surface area contributed by atoms with Crippen LogP contribution in [0.2, 0.25) is 5.15 Å². The highest BCUT2D eigenvalue weighted by Gasteiger charge is 2.07. The molecule has 0 saturated carbocycles. The van der Waals surface area contributed by atoms with Gasteiger partial charge in [0.25, 0.3) is 0 Å². The Balaban J connectivity index is 2.32. The summed E-state index contributed by atoms with van der Waals surface area (Å²) in [6.45, 7) is 1.80. The van der Waals surface area contributed by atoms with Crippen molar-refractivity contribution in [1.29, 1.82) is 5.26 Å². The Morgan fingerprint density at radius 1 is 1.39 bits per heavy atom. The van der Waals surface area contributed by atoms with Crippen LogP contribution in [0.15, 0.2) is 30.5 Å². The predicted octanol–water partition coefficient (Wildman–Crippen LogP) is 3.85. The largest absolute Gasteiger partial charge is 0.457 e. The molecule has 2 aromatic rings. The summed E-state index contributed by atoms with van der Waals surface area (Å²) in [5, 5.41) is 8.92. The average Bonchev–Trinajstić information content (AvgIpc) is 2.34. The molecule has 0 saturated heterocycles. The van der Waals surface area contributed by atoms with E-state index in [4.69, 9.17) is 21.6 Å². The van der Waals surface area contributed by atoms with Gasteiger partial charge in [0.05, 0.1) is 5.56 Å². The lowest BCUT2D eigenvalue weighted by Crippen LogP contribution is -1.91. The number of nitrogens with zero attached hydrogens (tertiary/aromatic N) is 2. The molecule has 0 unspecified atom stereocenters. The SMILES string of the molecule is Cc1cnc(Cl)cc1Oc1ccc(C#N)c(F)c1. The van der Waals surface area contributed by atoms with E-state index < -0.39 is 5.82 Å². The second-order valence-electron chi connectivity index (χ2n) is 3.63. The number of nitriles is 1. The number of benzene rings is 1. The second-order valence-corrected chi connectivity index (χ2v) is 4.02. The molecule has 0 aliphatic heterocycles. The highest BCUT2D eigenvalue weighted by molar-refractivity contribution is 6.29. The fourth-order valence-corrected chi connectivity index (χ4v) is 1.52. The van der Waals surface area contributed by atoms with Gasteiger partial charge in [-0.15, -0.1) is 0 Å². The lowest BCUT2D eigenvalue weighted by molar-refractivity contribution is 0.472. The van der Waals surface area contributed by atoms with Crippen molar-refractivity contribution in [2.75, 3.05) is 0 Å². The van der Waals surface area contributed by atoms with E-state index in [1.807, 2.05) is 0 Å². The van der Waals surface area contributed by atoms with Crippen LogP contribution in [0.1, 0.15) is 11.1 Å². The lowest BCUT2D eigenvalue weighted by Gasteiger charge is -2.08. The number of halogens is 2. The molecule has 18 heavy (non-hydrogen) atoms. The molecule has 0 N–H and O–H groups in total. The van der Waals surface area contributed by atoms with Gasteiger partial charge in [0.15, 0.2) is 0 Å². The molecule has 0 aliphatic carbocycles. The summed E-state index contributed by atoms with van der Waals surface area (Å²) in [6, 6.07) is 7.34. The number of pyridine rings is 1. The molecule has 0 radical (unpaired) electrons. The van der Waals surface area contributed by atoms with Gasteiger partial charge in [-0.05, 0) is 19.1 Å². The van der Waals surface area contributed by atoms with Gasteiger partial charge in [0.2, 0.25) is 0 Å². The number of hydrogen-bond donors (Lipinski definition) is 0. The Labute approximate surface area is 108 Å². The van der Waals surface area contributed by atoms with Gasteiger partial charge in [-0.1, -0.05) is 11.6 Å². The number of hydrogen-bond acceptors (Lipinski definition) is 3. The van der Waals surface area contributed by atoms with Gasteiger partial charge in [-0.2, -0.15) is 5.26 Å². The van der Waals surface area contributed by atoms with Crippen LogP contribution in [-0.2, 0) is 0 Å². The van der Waals surface area contributed by atoms with E-state index in [9.17, 15) is 4.39 Å². The highest BCUT2D eigenvalue weighted by Crippen LogP contribution is 2.27. The standard InChI is InChI=1S/C13H8ClFN2O/c1-8-7-17-13(14)5-12(8)18-10-3-2-9(6-16)11(15)4-10/h2-5,7H,1H3. The Morgan fingerprint density at radius 3 is 2.83 bits per heavy atom. The third kappa shape index (κ3) is 2.58. The first kappa shape index (κ1) is 12.3. The van der Waals surface area contributed by atoms with Crippen molar-refractivity contribution in [2.45, 2.75) is 6.92 Å². The molecule has 90 valence electrons. The summed E-state index contributed by atoms with van der Waals surface area (Å²) in [6.07, 6.45) is 1.57. The highest BCUT2D eigenvalue weighted by atomic mass is 35.5. The molecule has 1 heterocycles. The van der Waals surface area contributed by atoms with Crippen LogP contribution in [0.25, 0.3) is 0 Å². The smallest absolute Gasteiger partial charge is 0.144 e. The third-order valence-corrected chi connectivity index (χ3v) is 2.52. The fraction of sp³-hybridized carbons (Fsp3) is 0.0769. The molecule has 3 nitrogen and oxygen atoms in total. The topological polar surface area (TPSA) is 45.9 Å². The molecular weight excluding hydrogens is 255 g/mol. The summed E-state index contributed by atoms with van der Waals surface area (Å²) in [4.78, 5) is 3.89. The molecule has 0 amide bonds. The first-order valence-electron chi connectivity index (χ1n) is 5.10. The van der Waals surface area contributed by atoms with Crippen molar-refractivity contribution in [3.05, 3.63) is 52.6 Å². The normalized spacial score (nSPS) is 9.89. The van der Waals surface area contributed by atoms with E-state index in [2.05, 4.69) is 4.98 Å². The minimum absolute atomic E-state index is 0.0215. The van der Waals surface area contributed by atoms with Crippen LogP contribution in [-0.4, -0.2) is 4.98 Å². The van der Waals surface area contributed by atoms with E-state index in [1.54, 1.807) is 25.3 Å². The summed E-state index contributed by atoms with van der Waals surface area (Å²) in [5.41, 5.74) is 0.760. The second kappa shape index (κ2) is 5.03. The van der Waals surface area contributed by atoms with Crippen LogP contribution in [0.3, 0.4) is 0 Å². The Kier molecular flexibility index (Phi) is 3.45. The molecule has 2 rings (SSSR count). The number of aromatic nitrogens is 1. The predicted molar refractivity (Wildman–Crippen MR) is 65.2 cm³/mol. The van der Waals surface area contributed by atoms with Crippen molar-refractivity contribution in [1.82, 2.24) is 4.98 Å². The summed E-state index contributed by atoms with van der Waals surface area (Å²) in [7, 11) is 0. The average molecular weight is 263 g/mol. The number of rotatable bonds is 2. The van der Waals surface area contributed by atoms with Crippen LogP contribution >= 0.6 is 11.6 Å². The van der Waals surface area contributed by atoms with Gasteiger partial charge in [-0.3, -0.25) is 0 Å². The van der Waals surface area contributed by atoms with E-state index in [-0.39, 0.29) is 5.56 Å². The molecule has 0 aliphatic rings. The zero-order valence-corrected chi connectivity index (χ0v) is 10.2. The van der Waals surface area contributed by atoms with Gasteiger partial charge < -0.3 is 4.74 Å². The van der Waals surface area contributed by atoms with E-state index in [1.165, 1.54) is 12.1 Å². The molecule has 1 aromatic heterocycles. The van der Waals surface area contributed by atoms with Crippen LogP contribution in [0, 0.1) is 24.1 Å². The van der Waals surface area contributed by atoms with Crippen molar-refractivity contribution in [3.63, 3.8) is 0 Å². The molecule has 0 fully saturated rings. The minimum atomic E-state index is -0.618. The van der Waals surface area contributed by atoms with E-state index in [0.717, 1.165) is 11.6 Å². The first-order valence-corrected chi connectivity index (χ1v) is 5.47. The summed E-state index contributed by atoms with van der Waals surface area (Å²) < 4.78 is 18.9. The van der Waals surface area contributed by atoms with Crippen molar-refractivity contribution < 1.29 is 9.13 Å². The van der Waals surface area contributed by atoms with Crippen LogP contribution in [0.5, 0.6) is 11.5 Å². The third-order valence-electron chi connectivity index (χ3n) is 2.31. The lowest BCUT2D eigenvalue weighted by atomic mass is 10.2. The van der Waals surface area contributed by atoms with Gasteiger partial charge in [0.1, 0.15) is 28.5 Å². The fourth-order valence-electron chi connectivity index (χ4n) is 1.37. The van der Waals surface area contributed by atoms with Gasteiger partial charge >= 0.3 is 0 Å². The maximum Gasteiger partial charge on any atom is 0.144 e. The quantitative estimate of drug-likeness (QED) is 0.773. The maximum atomic E-state index is 13.4. The zero-order chi connectivity index (χ0) is 13.1. The molecular formula is C13H8ClFN2O. The Hall–Kier alpha value is -2.12. The van der Waals surface area contributed by atoms with Gasteiger partial charge in [-0.25, -0.2) is 9.37 Å². The number of ether oxygens (including phenoxy) is 1. The summed E-state index contributed by atoms with van der Waals surface area (Å²) >= 11 is 5.75. The van der Waals surface area contributed by atoms with Crippen molar-refractivity contribution >= 4 is 11.6 Å². The first-order chi connectivity index (χ1) is 8.60. The molecule has 0 atom stereocenters. The molecule has 1 aromatic carbocycles. The van der Waals surface area contributed by atoms with Crippen LogP contribution < -0.4 is 4.74 Å². The minimum Gasteiger partial charge on any atom is -0.457 e. The molecule has 5 heteroatoms. The summed E-state index contributed by atoms with van der Waals surface area (Å²) in [5.74, 6) is 0.184. The molecule has 0 spiro atoms. The molecule has 0 bridgehead atoms. The zero-order valence-electron chi connectivity index (χ0n) is 9.45. The Bertz CT molecular complexity index is 637. The Morgan fingerprint density at radius 2 is 2.17 bits per heavy atom. The van der Waals surface area contributed by atoms with Crippen LogP contribution in [0.4, 0.5) is 4.39 Å².